The fourth-order valence-corrected chi connectivity index (χ4v) is 2.92. The van der Waals surface area contributed by atoms with E-state index in [1.165, 1.54) is 37.9 Å². The zero-order valence-corrected chi connectivity index (χ0v) is 12.5. The van der Waals surface area contributed by atoms with E-state index < -0.39 is 0 Å². The number of aliphatic hydroxyl groups is 1. The van der Waals surface area contributed by atoms with E-state index in [1.54, 1.807) is 0 Å². The highest BCUT2D eigenvalue weighted by molar-refractivity contribution is 5.47. The number of rotatable bonds is 6. The minimum Gasteiger partial charge on any atom is -0.392 e. The minimum absolute atomic E-state index is 0.162. The Labute approximate surface area is 120 Å². The average Bonchev–Trinajstić information content (AvgIpc) is 2.94. The Bertz CT molecular complexity index is 430. The predicted octanol–water partition coefficient (Wildman–Crippen LogP) is 3.51. The monoisotopic (exact) mass is 280 g/mol. The van der Waals surface area contributed by atoms with Crippen LogP contribution in [0.1, 0.15) is 51.5 Å². The van der Waals surface area contributed by atoms with Gasteiger partial charge in [0.25, 0.3) is 0 Å². The Hall–Kier alpha value is -1.16. The van der Waals surface area contributed by atoms with Crippen molar-refractivity contribution >= 4 is 5.82 Å². The maximum absolute atomic E-state index is 13.3. The Morgan fingerprint density at radius 2 is 2.10 bits per heavy atom. The largest absolute Gasteiger partial charge is 0.392 e. The molecule has 0 aliphatic heterocycles. The summed E-state index contributed by atoms with van der Waals surface area (Å²) in [5, 5.41) is 9.48. The highest BCUT2D eigenvalue weighted by Crippen LogP contribution is 2.30. The van der Waals surface area contributed by atoms with Crippen molar-refractivity contribution in [2.75, 3.05) is 11.4 Å². The lowest BCUT2D eigenvalue weighted by atomic mass is 10.1. The van der Waals surface area contributed by atoms with Gasteiger partial charge < -0.3 is 10.0 Å². The van der Waals surface area contributed by atoms with Gasteiger partial charge in [-0.15, -0.1) is 0 Å². The summed E-state index contributed by atoms with van der Waals surface area (Å²) in [7, 11) is 0. The van der Waals surface area contributed by atoms with Crippen molar-refractivity contribution in [3.63, 3.8) is 0 Å². The molecule has 1 aliphatic rings. The summed E-state index contributed by atoms with van der Waals surface area (Å²) in [6, 6.07) is 1.89. The van der Waals surface area contributed by atoms with E-state index in [0.717, 1.165) is 18.8 Å². The van der Waals surface area contributed by atoms with Crippen LogP contribution in [-0.2, 0) is 6.61 Å². The quantitative estimate of drug-likeness (QED) is 0.866. The zero-order valence-electron chi connectivity index (χ0n) is 12.5. The average molecular weight is 280 g/mol. The number of nitrogens with zero attached hydrogens (tertiary/aromatic N) is 2. The van der Waals surface area contributed by atoms with Gasteiger partial charge in [-0.1, -0.05) is 26.7 Å². The number of hydrogen-bond acceptors (Lipinski definition) is 3. The molecular formula is C16H25FN2O. The molecule has 0 unspecified atom stereocenters. The van der Waals surface area contributed by atoms with Gasteiger partial charge in [-0.25, -0.2) is 9.37 Å². The number of aliphatic hydroxyl groups excluding tert-OH is 1. The molecule has 2 rings (SSSR count). The maximum atomic E-state index is 13.3. The molecule has 0 amide bonds. The van der Waals surface area contributed by atoms with Crippen LogP contribution >= 0.6 is 0 Å². The highest BCUT2D eigenvalue weighted by atomic mass is 19.1. The Balaban J connectivity index is 2.24. The lowest BCUT2D eigenvalue weighted by Crippen LogP contribution is -2.36. The molecular weight excluding hydrogens is 255 g/mol. The van der Waals surface area contributed by atoms with Gasteiger partial charge in [0.2, 0.25) is 0 Å². The molecule has 1 aliphatic carbocycles. The van der Waals surface area contributed by atoms with Crippen LogP contribution in [0.4, 0.5) is 10.2 Å². The standard InChI is InChI=1S/C16H25FN2O/c1-12(2)7-8-19(15-5-3-4-6-15)16-13(11-20)9-14(17)10-18-16/h9-10,12,15,20H,3-8,11H2,1-2H3. The third-order valence-electron chi connectivity index (χ3n) is 4.06. The van der Waals surface area contributed by atoms with E-state index in [9.17, 15) is 9.50 Å². The van der Waals surface area contributed by atoms with Crippen molar-refractivity contribution in [3.8, 4) is 0 Å². The molecule has 112 valence electrons. The normalized spacial score (nSPS) is 16.1. The molecule has 1 fully saturated rings. The molecule has 1 saturated carbocycles. The van der Waals surface area contributed by atoms with E-state index in [2.05, 4.69) is 23.7 Å². The van der Waals surface area contributed by atoms with Crippen LogP contribution < -0.4 is 4.90 Å². The Morgan fingerprint density at radius 1 is 1.40 bits per heavy atom. The second-order valence-electron chi connectivity index (χ2n) is 6.11. The van der Waals surface area contributed by atoms with Crippen molar-refractivity contribution < 1.29 is 9.50 Å². The summed E-state index contributed by atoms with van der Waals surface area (Å²) in [5.74, 6) is 1.01. The molecule has 4 heteroatoms. The van der Waals surface area contributed by atoms with Crippen molar-refractivity contribution in [2.24, 2.45) is 5.92 Å². The molecule has 0 atom stereocenters. The van der Waals surface area contributed by atoms with Crippen LogP contribution in [0.3, 0.4) is 0 Å². The predicted molar refractivity (Wildman–Crippen MR) is 79.2 cm³/mol. The topological polar surface area (TPSA) is 36.4 Å². The number of hydrogen-bond donors (Lipinski definition) is 1. The summed E-state index contributed by atoms with van der Waals surface area (Å²) < 4.78 is 13.3. The zero-order chi connectivity index (χ0) is 14.5. The van der Waals surface area contributed by atoms with Crippen LogP contribution in [0, 0.1) is 11.7 Å². The van der Waals surface area contributed by atoms with Gasteiger partial charge in [0.05, 0.1) is 12.8 Å². The van der Waals surface area contributed by atoms with Crippen LogP contribution in [0.25, 0.3) is 0 Å². The van der Waals surface area contributed by atoms with Crippen LogP contribution in [0.15, 0.2) is 12.3 Å². The first-order chi connectivity index (χ1) is 9.61. The number of anilines is 1. The first kappa shape index (κ1) is 15.2. The SMILES string of the molecule is CC(C)CCN(c1ncc(F)cc1CO)C1CCCC1. The minimum atomic E-state index is -0.381. The van der Waals surface area contributed by atoms with Crippen molar-refractivity contribution in [2.45, 2.75) is 58.6 Å². The molecule has 1 heterocycles. The third-order valence-corrected chi connectivity index (χ3v) is 4.06. The first-order valence-electron chi connectivity index (χ1n) is 7.63. The molecule has 3 nitrogen and oxygen atoms in total. The second kappa shape index (κ2) is 7.02. The lowest BCUT2D eigenvalue weighted by Gasteiger charge is -2.32. The Kier molecular flexibility index (Phi) is 5.35. The van der Waals surface area contributed by atoms with E-state index in [1.807, 2.05) is 0 Å². The van der Waals surface area contributed by atoms with Gasteiger partial charge in [0.15, 0.2) is 0 Å². The molecule has 0 saturated heterocycles. The van der Waals surface area contributed by atoms with Crippen LogP contribution in [0.5, 0.6) is 0 Å². The summed E-state index contributed by atoms with van der Waals surface area (Å²) in [4.78, 5) is 6.55. The van der Waals surface area contributed by atoms with Crippen molar-refractivity contribution in [1.29, 1.82) is 0 Å². The smallest absolute Gasteiger partial charge is 0.142 e. The van der Waals surface area contributed by atoms with Gasteiger partial charge in [-0.2, -0.15) is 0 Å². The molecule has 0 bridgehead atoms. The van der Waals surface area contributed by atoms with Gasteiger partial charge in [-0.3, -0.25) is 0 Å². The first-order valence-corrected chi connectivity index (χ1v) is 7.63. The number of pyridine rings is 1. The molecule has 1 aromatic heterocycles. The van der Waals surface area contributed by atoms with Gasteiger partial charge in [0, 0.05) is 18.2 Å². The third kappa shape index (κ3) is 3.69. The summed E-state index contributed by atoms with van der Waals surface area (Å²) in [6.07, 6.45) is 7.17. The molecule has 1 N–H and O–H groups in total. The van der Waals surface area contributed by atoms with Crippen LogP contribution in [-0.4, -0.2) is 22.7 Å². The summed E-state index contributed by atoms with van der Waals surface area (Å²) in [6.45, 7) is 5.18. The second-order valence-corrected chi connectivity index (χ2v) is 6.11. The number of aromatic nitrogens is 1. The van der Waals surface area contributed by atoms with Gasteiger partial charge in [0.1, 0.15) is 11.6 Å². The highest BCUT2D eigenvalue weighted by Gasteiger charge is 2.25. The van der Waals surface area contributed by atoms with E-state index in [-0.39, 0.29) is 12.4 Å². The summed E-state index contributed by atoms with van der Waals surface area (Å²) in [5.41, 5.74) is 0.598. The molecule has 0 aromatic carbocycles. The Morgan fingerprint density at radius 3 is 2.70 bits per heavy atom. The fourth-order valence-electron chi connectivity index (χ4n) is 2.92. The van der Waals surface area contributed by atoms with E-state index in [4.69, 9.17) is 0 Å². The number of halogens is 1. The van der Waals surface area contributed by atoms with Gasteiger partial charge in [-0.05, 0) is 31.2 Å². The molecule has 0 spiro atoms. The molecule has 1 aromatic rings. The van der Waals surface area contributed by atoms with Gasteiger partial charge >= 0.3 is 0 Å². The van der Waals surface area contributed by atoms with Crippen molar-refractivity contribution in [1.82, 2.24) is 4.98 Å². The lowest BCUT2D eigenvalue weighted by molar-refractivity contribution is 0.280. The van der Waals surface area contributed by atoms with Crippen molar-refractivity contribution in [3.05, 3.63) is 23.6 Å². The summed E-state index contributed by atoms with van der Waals surface area (Å²) >= 11 is 0. The molecule has 20 heavy (non-hydrogen) atoms. The van der Waals surface area contributed by atoms with E-state index in [0.29, 0.717) is 17.5 Å². The molecule has 0 radical (unpaired) electrons. The fraction of sp³-hybridized carbons (Fsp3) is 0.688. The van der Waals surface area contributed by atoms with Crippen LogP contribution in [0.2, 0.25) is 0 Å². The maximum Gasteiger partial charge on any atom is 0.142 e. The van der Waals surface area contributed by atoms with E-state index >= 15 is 0 Å².